The van der Waals surface area contributed by atoms with Gasteiger partial charge in [-0.15, -0.1) is 0 Å². The van der Waals surface area contributed by atoms with Crippen LogP contribution < -0.4 is 10.6 Å². The van der Waals surface area contributed by atoms with Crippen molar-refractivity contribution in [1.82, 2.24) is 14.9 Å². The van der Waals surface area contributed by atoms with Gasteiger partial charge in [0.2, 0.25) is 5.91 Å². The van der Waals surface area contributed by atoms with E-state index < -0.39 is 0 Å². The van der Waals surface area contributed by atoms with Crippen molar-refractivity contribution < 1.29 is 9.59 Å². The number of rotatable bonds is 7. The number of imidazole rings is 1. The SMILES string of the molecule is CCNC(=O)c1cccc(NC(=O)CSc2nc3ccccc3n2CC)c1. The van der Waals surface area contributed by atoms with Crippen LogP contribution in [-0.4, -0.2) is 33.7 Å². The quantitative estimate of drug-likeness (QED) is 0.613. The van der Waals surface area contributed by atoms with Gasteiger partial charge in [0.1, 0.15) is 0 Å². The van der Waals surface area contributed by atoms with Crippen LogP contribution >= 0.6 is 11.8 Å². The van der Waals surface area contributed by atoms with Gasteiger partial charge in [-0.2, -0.15) is 0 Å². The maximum atomic E-state index is 12.3. The zero-order valence-electron chi connectivity index (χ0n) is 15.4. The number of hydrogen-bond donors (Lipinski definition) is 2. The van der Waals surface area contributed by atoms with Crippen molar-refractivity contribution in [2.45, 2.75) is 25.5 Å². The molecule has 2 amide bonds. The van der Waals surface area contributed by atoms with Gasteiger partial charge >= 0.3 is 0 Å². The Hall–Kier alpha value is -2.80. The predicted octanol–water partition coefficient (Wildman–Crippen LogP) is 3.54. The van der Waals surface area contributed by atoms with Crippen molar-refractivity contribution in [2.24, 2.45) is 0 Å². The molecule has 0 aliphatic carbocycles. The monoisotopic (exact) mass is 382 g/mol. The van der Waals surface area contributed by atoms with Crippen molar-refractivity contribution in [1.29, 1.82) is 0 Å². The van der Waals surface area contributed by atoms with E-state index in [1.165, 1.54) is 11.8 Å². The molecule has 2 N–H and O–H groups in total. The van der Waals surface area contributed by atoms with Gasteiger partial charge in [-0.1, -0.05) is 30.0 Å². The third-order valence-electron chi connectivity index (χ3n) is 4.01. The average molecular weight is 382 g/mol. The van der Waals surface area contributed by atoms with Crippen LogP contribution in [0, 0.1) is 0 Å². The lowest BCUT2D eigenvalue weighted by Gasteiger charge is -2.08. The molecule has 2 aromatic carbocycles. The molecule has 7 heteroatoms. The van der Waals surface area contributed by atoms with Gasteiger partial charge < -0.3 is 15.2 Å². The van der Waals surface area contributed by atoms with E-state index in [-0.39, 0.29) is 17.6 Å². The van der Waals surface area contributed by atoms with Crippen molar-refractivity contribution in [2.75, 3.05) is 17.6 Å². The summed E-state index contributed by atoms with van der Waals surface area (Å²) in [6.07, 6.45) is 0. The Morgan fingerprint density at radius 1 is 1.11 bits per heavy atom. The van der Waals surface area contributed by atoms with Gasteiger partial charge in [-0.25, -0.2) is 4.98 Å². The minimum Gasteiger partial charge on any atom is -0.352 e. The topological polar surface area (TPSA) is 76.0 Å². The van der Waals surface area contributed by atoms with Gasteiger partial charge in [0, 0.05) is 24.3 Å². The summed E-state index contributed by atoms with van der Waals surface area (Å²) in [5, 5.41) is 6.42. The fraction of sp³-hybridized carbons (Fsp3) is 0.250. The average Bonchev–Trinajstić information content (AvgIpc) is 3.04. The Bertz CT molecular complexity index is 968. The Morgan fingerprint density at radius 2 is 1.93 bits per heavy atom. The molecule has 0 saturated heterocycles. The number of nitrogens with zero attached hydrogens (tertiary/aromatic N) is 2. The Morgan fingerprint density at radius 3 is 2.70 bits per heavy atom. The molecule has 0 aliphatic heterocycles. The van der Waals surface area contributed by atoms with E-state index in [4.69, 9.17) is 0 Å². The highest BCUT2D eigenvalue weighted by atomic mass is 32.2. The van der Waals surface area contributed by atoms with Crippen molar-refractivity contribution in [3.8, 4) is 0 Å². The van der Waals surface area contributed by atoms with E-state index in [2.05, 4.69) is 27.1 Å². The first-order chi connectivity index (χ1) is 13.1. The van der Waals surface area contributed by atoms with Crippen LogP contribution in [0.15, 0.2) is 53.7 Å². The highest BCUT2D eigenvalue weighted by Gasteiger charge is 2.12. The second kappa shape index (κ2) is 8.73. The highest BCUT2D eigenvalue weighted by molar-refractivity contribution is 7.99. The number of carbonyl (C=O) groups excluding carboxylic acids is 2. The lowest BCUT2D eigenvalue weighted by Crippen LogP contribution is -2.23. The molecule has 0 bridgehead atoms. The summed E-state index contributed by atoms with van der Waals surface area (Å²) >= 11 is 1.40. The molecule has 0 radical (unpaired) electrons. The van der Waals surface area contributed by atoms with E-state index in [1.54, 1.807) is 24.3 Å². The maximum Gasteiger partial charge on any atom is 0.251 e. The fourth-order valence-corrected chi connectivity index (χ4v) is 3.68. The molecular weight excluding hydrogens is 360 g/mol. The number of fused-ring (bicyclic) bond motifs is 1. The molecule has 0 saturated carbocycles. The first kappa shape index (κ1) is 19.0. The lowest BCUT2D eigenvalue weighted by atomic mass is 10.2. The van der Waals surface area contributed by atoms with Gasteiger partial charge in [-0.3, -0.25) is 9.59 Å². The zero-order valence-corrected chi connectivity index (χ0v) is 16.2. The van der Waals surface area contributed by atoms with Crippen molar-refractivity contribution in [3.05, 3.63) is 54.1 Å². The standard InChI is InChI=1S/C20H22N4O2S/c1-3-21-19(26)14-8-7-9-15(12-14)22-18(25)13-27-20-23-16-10-5-6-11-17(16)24(20)4-2/h5-12H,3-4,13H2,1-2H3,(H,21,26)(H,22,25). The normalized spacial score (nSPS) is 10.7. The molecule has 3 rings (SSSR count). The van der Waals surface area contributed by atoms with E-state index >= 15 is 0 Å². The summed E-state index contributed by atoms with van der Waals surface area (Å²) in [6.45, 7) is 5.28. The number of hydrogen-bond acceptors (Lipinski definition) is 4. The van der Waals surface area contributed by atoms with Crippen molar-refractivity contribution >= 4 is 40.3 Å². The zero-order chi connectivity index (χ0) is 19.2. The molecule has 27 heavy (non-hydrogen) atoms. The number of nitrogens with one attached hydrogen (secondary N) is 2. The third-order valence-corrected chi connectivity index (χ3v) is 4.99. The van der Waals surface area contributed by atoms with E-state index in [9.17, 15) is 9.59 Å². The van der Waals surface area contributed by atoms with Gasteiger partial charge in [0.15, 0.2) is 5.16 Å². The van der Waals surface area contributed by atoms with Crippen LogP contribution in [0.25, 0.3) is 11.0 Å². The van der Waals surface area contributed by atoms with Gasteiger partial charge in [0.05, 0.1) is 16.8 Å². The number of carbonyl (C=O) groups is 2. The number of aromatic nitrogens is 2. The second-order valence-corrected chi connectivity index (χ2v) is 6.85. The summed E-state index contributed by atoms with van der Waals surface area (Å²) in [5.74, 6) is -0.0447. The number of benzene rings is 2. The van der Waals surface area contributed by atoms with Crippen LogP contribution in [0.4, 0.5) is 5.69 Å². The van der Waals surface area contributed by atoms with Gasteiger partial charge in [0.25, 0.3) is 5.91 Å². The first-order valence-electron chi connectivity index (χ1n) is 8.88. The first-order valence-corrected chi connectivity index (χ1v) is 9.87. The summed E-state index contributed by atoms with van der Waals surface area (Å²) in [7, 11) is 0. The minimum absolute atomic E-state index is 0.136. The second-order valence-electron chi connectivity index (χ2n) is 5.90. The Balaban J connectivity index is 1.65. The molecule has 0 aliphatic rings. The highest BCUT2D eigenvalue weighted by Crippen LogP contribution is 2.24. The van der Waals surface area contributed by atoms with E-state index in [0.29, 0.717) is 17.8 Å². The fourth-order valence-electron chi connectivity index (χ4n) is 2.80. The minimum atomic E-state index is -0.153. The summed E-state index contributed by atoms with van der Waals surface area (Å²) < 4.78 is 2.10. The lowest BCUT2D eigenvalue weighted by molar-refractivity contribution is -0.113. The van der Waals surface area contributed by atoms with E-state index in [1.807, 2.05) is 31.2 Å². The smallest absolute Gasteiger partial charge is 0.251 e. The molecule has 0 spiro atoms. The molecule has 6 nitrogen and oxygen atoms in total. The summed E-state index contributed by atoms with van der Waals surface area (Å²) in [5.41, 5.74) is 3.12. The molecular formula is C20H22N4O2S. The number of aryl methyl sites for hydroxylation is 1. The number of anilines is 1. The summed E-state index contributed by atoms with van der Waals surface area (Å²) in [6, 6.07) is 14.9. The maximum absolute atomic E-state index is 12.3. The molecule has 140 valence electrons. The van der Waals surface area contributed by atoms with Crippen LogP contribution in [-0.2, 0) is 11.3 Å². The van der Waals surface area contributed by atoms with Gasteiger partial charge in [-0.05, 0) is 44.2 Å². The van der Waals surface area contributed by atoms with Crippen LogP contribution in [0.1, 0.15) is 24.2 Å². The third kappa shape index (κ3) is 4.49. The van der Waals surface area contributed by atoms with Crippen molar-refractivity contribution in [3.63, 3.8) is 0 Å². The van der Waals surface area contributed by atoms with E-state index in [0.717, 1.165) is 22.7 Å². The summed E-state index contributed by atoms with van der Waals surface area (Å²) in [4.78, 5) is 28.9. The van der Waals surface area contributed by atoms with Crippen LogP contribution in [0.3, 0.4) is 0 Å². The Kier molecular flexibility index (Phi) is 6.13. The molecule has 0 unspecified atom stereocenters. The Labute approximate surface area is 162 Å². The van der Waals surface area contributed by atoms with Crippen LogP contribution in [0.5, 0.6) is 0 Å². The molecule has 1 heterocycles. The van der Waals surface area contributed by atoms with Crippen LogP contribution in [0.2, 0.25) is 0 Å². The molecule has 0 atom stereocenters. The number of amides is 2. The largest absolute Gasteiger partial charge is 0.352 e. The number of para-hydroxylation sites is 2. The number of thioether (sulfide) groups is 1. The molecule has 1 aromatic heterocycles. The molecule has 0 fully saturated rings. The predicted molar refractivity (Wildman–Crippen MR) is 109 cm³/mol. The molecule has 3 aromatic rings.